The molecule has 21 heavy (non-hydrogen) atoms. The second kappa shape index (κ2) is 5.22. The summed E-state index contributed by atoms with van der Waals surface area (Å²) in [4.78, 5) is 19.8. The van der Waals surface area contributed by atoms with E-state index in [-0.39, 0.29) is 11.7 Å². The molecule has 1 amide bonds. The molecule has 0 atom stereocenters. The highest BCUT2D eigenvalue weighted by molar-refractivity contribution is 7.11. The third kappa shape index (κ3) is 2.70. The summed E-state index contributed by atoms with van der Waals surface area (Å²) in [5.41, 5.74) is 0.476. The van der Waals surface area contributed by atoms with Crippen molar-refractivity contribution in [2.75, 3.05) is 7.05 Å². The summed E-state index contributed by atoms with van der Waals surface area (Å²) in [6.07, 6.45) is 3.49. The summed E-state index contributed by atoms with van der Waals surface area (Å²) in [6, 6.07) is 6.31. The lowest BCUT2D eigenvalue weighted by atomic mass is 9.94. The van der Waals surface area contributed by atoms with E-state index < -0.39 is 5.41 Å². The molecule has 110 valence electrons. The van der Waals surface area contributed by atoms with Crippen LogP contribution in [0.1, 0.15) is 28.3 Å². The zero-order valence-electron chi connectivity index (χ0n) is 12.1. The lowest BCUT2D eigenvalue weighted by molar-refractivity contribution is -0.133. The maximum absolute atomic E-state index is 13.0. The minimum Gasteiger partial charge on any atom is -0.340 e. The van der Waals surface area contributed by atoms with Crippen molar-refractivity contribution in [2.45, 2.75) is 31.7 Å². The molecule has 1 aliphatic carbocycles. The molecule has 5 heteroatoms. The maximum Gasteiger partial charge on any atom is 0.233 e. The van der Waals surface area contributed by atoms with Gasteiger partial charge in [0, 0.05) is 18.1 Å². The number of thiazole rings is 1. The molecule has 0 N–H and O–H groups in total. The molecule has 1 aliphatic rings. The number of carbonyl (C=O) groups is 1. The molecule has 0 aliphatic heterocycles. The molecule has 0 unspecified atom stereocenters. The Balaban J connectivity index is 1.76. The van der Waals surface area contributed by atoms with Crippen molar-refractivity contribution in [1.29, 1.82) is 0 Å². The fraction of sp³-hybridized carbons (Fsp3) is 0.375. The zero-order valence-corrected chi connectivity index (χ0v) is 12.9. The van der Waals surface area contributed by atoms with Crippen molar-refractivity contribution < 1.29 is 9.18 Å². The van der Waals surface area contributed by atoms with Crippen molar-refractivity contribution in [1.82, 2.24) is 9.88 Å². The van der Waals surface area contributed by atoms with Gasteiger partial charge in [0.05, 0.1) is 17.0 Å². The number of benzene rings is 1. The number of amides is 1. The van der Waals surface area contributed by atoms with E-state index in [2.05, 4.69) is 4.98 Å². The van der Waals surface area contributed by atoms with Gasteiger partial charge in [0.2, 0.25) is 5.91 Å². The number of halogens is 1. The number of nitrogens with zero attached hydrogens (tertiary/aromatic N) is 2. The average Bonchev–Trinajstić information content (AvgIpc) is 3.17. The maximum atomic E-state index is 13.0. The molecule has 1 fully saturated rings. The van der Waals surface area contributed by atoms with E-state index >= 15 is 0 Å². The molecule has 3 rings (SSSR count). The van der Waals surface area contributed by atoms with Gasteiger partial charge in [-0.1, -0.05) is 12.1 Å². The number of aryl methyl sites for hydroxylation is 1. The van der Waals surface area contributed by atoms with E-state index in [1.54, 1.807) is 28.4 Å². The van der Waals surface area contributed by atoms with Crippen LogP contribution in [-0.2, 0) is 16.8 Å². The van der Waals surface area contributed by atoms with Gasteiger partial charge in [-0.2, -0.15) is 0 Å². The Hall–Kier alpha value is -1.75. The van der Waals surface area contributed by atoms with E-state index in [1.165, 1.54) is 12.1 Å². The Morgan fingerprint density at radius 1 is 1.38 bits per heavy atom. The standard InChI is InChI=1S/C16H17FN2OS/c1-11-18-9-14(21-11)10-19(2)15(20)16(7-8-16)12-3-5-13(17)6-4-12/h3-6,9H,7-8,10H2,1-2H3. The first-order valence-electron chi connectivity index (χ1n) is 6.94. The van der Waals surface area contributed by atoms with Gasteiger partial charge >= 0.3 is 0 Å². The van der Waals surface area contributed by atoms with E-state index in [9.17, 15) is 9.18 Å². The lowest BCUT2D eigenvalue weighted by Gasteiger charge is -2.23. The molecule has 1 heterocycles. The molecular weight excluding hydrogens is 287 g/mol. The highest BCUT2D eigenvalue weighted by Gasteiger charge is 2.52. The predicted molar refractivity (Wildman–Crippen MR) is 80.6 cm³/mol. The van der Waals surface area contributed by atoms with Crippen molar-refractivity contribution in [3.63, 3.8) is 0 Å². The van der Waals surface area contributed by atoms with Crippen LogP contribution in [0, 0.1) is 12.7 Å². The molecule has 1 aromatic carbocycles. The topological polar surface area (TPSA) is 33.2 Å². The first kappa shape index (κ1) is 14.2. The van der Waals surface area contributed by atoms with Gasteiger partial charge in [0.1, 0.15) is 5.82 Å². The average molecular weight is 304 g/mol. The van der Waals surface area contributed by atoms with Crippen LogP contribution in [0.5, 0.6) is 0 Å². The first-order valence-corrected chi connectivity index (χ1v) is 7.76. The van der Waals surface area contributed by atoms with Gasteiger partial charge in [0.25, 0.3) is 0 Å². The third-order valence-electron chi connectivity index (χ3n) is 3.97. The zero-order chi connectivity index (χ0) is 15.0. The van der Waals surface area contributed by atoms with Gasteiger partial charge in [-0.05, 0) is 37.5 Å². The van der Waals surface area contributed by atoms with Gasteiger partial charge in [0.15, 0.2) is 0 Å². The van der Waals surface area contributed by atoms with Crippen molar-refractivity contribution in [3.8, 4) is 0 Å². The molecule has 1 aromatic heterocycles. The van der Waals surface area contributed by atoms with Crippen LogP contribution in [-0.4, -0.2) is 22.8 Å². The molecule has 3 nitrogen and oxygen atoms in total. The van der Waals surface area contributed by atoms with Gasteiger partial charge in [-0.25, -0.2) is 9.37 Å². The summed E-state index contributed by atoms with van der Waals surface area (Å²) >= 11 is 1.61. The summed E-state index contributed by atoms with van der Waals surface area (Å²) in [7, 11) is 1.82. The smallest absolute Gasteiger partial charge is 0.233 e. The molecule has 0 saturated heterocycles. The van der Waals surface area contributed by atoms with E-state index in [0.29, 0.717) is 6.54 Å². The van der Waals surface area contributed by atoms with E-state index in [1.807, 2.05) is 20.2 Å². The SMILES string of the molecule is Cc1ncc(CN(C)C(=O)C2(c3ccc(F)cc3)CC2)s1. The first-order chi connectivity index (χ1) is 10.0. The minimum atomic E-state index is -0.442. The van der Waals surface area contributed by atoms with Crippen LogP contribution in [0.3, 0.4) is 0 Å². The molecule has 0 radical (unpaired) electrons. The normalized spacial score (nSPS) is 15.8. The molecule has 0 spiro atoms. The Bertz CT molecular complexity index is 661. The fourth-order valence-electron chi connectivity index (χ4n) is 2.67. The van der Waals surface area contributed by atoms with Crippen LogP contribution in [0.4, 0.5) is 4.39 Å². The number of hydrogen-bond acceptors (Lipinski definition) is 3. The Kier molecular flexibility index (Phi) is 3.53. The van der Waals surface area contributed by atoms with Crippen molar-refractivity contribution in [2.24, 2.45) is 0 Å². The minimum absolute atomic E-state index is 0.111. The molecule has 1 saturated carbocycles. The van der Waals surface area contributed by atoms with Gasteiger partial charge < -0.3 is 4.90 Å². The predicted octanol–water partition coefficient (Wildman–Crippen LogP) is 3.28. The van der Waals surface area contributed by atoms with Crippen LogP contribution in [0.25, 0.3) is 0 Å². The number of hydrogen-bond donors (Lipinski definition) is 0. The summed E-state index contributed by atoms with van der Waals surface area (Å²) in [6.45, 7) is 2.53. The van der Waals surface area contributed by atoms with E-state index in [0.717, 1.165) is 28.3 Å². The largest absolute Gasteiger partial charge is 0.340 e. The second-order valence-corrected chi connectivity index (χ2v) is 6.92. The highest BCUT2D eigenvalue weighted by Crippen LogP contribution is 2.49. The molecular formula is C16H17FN2OS. The van der Waals surface area contributed by atoms with Crippen LogP contribution in [0.15, 0.2) is 30.5 Å². The van der Waals surface area contributed by atoms with Crippen molar-refractivity contribution >= 4 is 17.2 Å². The highest BCUT2D eigenvalue weighted by atomic mass is 32.1. The van der Waals surface area contributed by atoms with Gasteiger partial charge in [-0.15, -0.1) is 11.3 Å². The quantitative estimate of drug-likeness (QED) is 0.868. The summed E-state index contributed by atoms with van der Waals surface area (Å²) in [5, 5.41) is 1.01. The van der Waals surface area contributed by atoms with Gasteiger partial charge in [-0.3, -0.25) is 4.79 Å². The Morgan fingerprint density at radius 3 is 2.57 bits per heavy atom. The number of rotatable bonds is 4. The third-order valence-corrected chi connectivity index (χ3v) is 4.86. The van der Waals surface area contributed by atoms with Crippen LogP contribution < -0.4 is 0 Å². The summed E-state index contributed by atoms with van der Waals surface area (Å²) in [5.74, 6) is -0.157. The number of carbonyl (C=O) groups excluding carboxylic acids is 1. The molecule has 0 bridgehead atoms. The van der Waals surface area contributed by atoms with Crippen LogP contribution >= 0.6 is 11.3 Å². The van der Waals surface area contributed by atoms with E-state index in [4.69, 9.17) is 0 Å². The lowest BCUT2D eigenvalue weighted by Crippen LogP contribution is -2.35. The monoisotopic (exact) mass is 304 g/mol. The fourth-order valence-corrected chi connectivity index (χ4v) is 3.52. The summed E-state index contributed by atoms with van der Waals surface area (Å²) < 4.78 is 13.0. The number of aromatic nitrogens is 1. The van der Waals surface area contributed by atoms with Crippen molar-refractivity contribution in [3.05, 3.63) is 51.7 Å². The Labute approximate surface area is 127 Å². The van der Waals surface area contributed by atoms with Crippen LogP contribution in [0.2, 0.25) is 0 Å². The number of likely N-dealkylation sites (N-methyl/N-ethyl adjacent to an activating group) is 1. The molecule has 2 aromatic rings. The second-order valence-electron chi connectivity index (χ2n) is 5.60. The Morgan fingerprint density at radius 2 is 2.05 bits per heavy atom.